The van der Waals surface area contributed by atoms with Crippen molar-refractivity contribution in [1.82, 2.24) is 10.1 Å². The Labute approximate surface area is 112 Å². The molecule has 0 unspecified atom stereocenters. The lowest BCUT2D eigenvalue weighted by atomic mass is 10.1. The van der Waals surface area contributed by atoms with Crippen molar-refractivity contribution in [2.45, 2.75) is 25.4 Å². The number of hydrogen-bond donors (Lipinski definition) is 0. The second-order valence-corrected chi connectivity index (χ2v) is 4.19. The topological polar surface area (TPSA) is 56.0 Å². The number of Topliss-reactive ketones (excluding diaryl/α,β-unsaturated/α-hetero) is 1. The van der Waals surface area contributed by atoms with E-state index in [1.54, 1.807) is 30.3 Å². The number of carbonyl (C=O) groups is 1. The van der Waals surface area contributed by atoms with Crippen LogP contribution in [0.2, 0.25) is 0 Å². The molecule has 0 N–H and O–H groups in total. The minimum absolute atomic E-state index is 0.0241. The fourth-order valence-corrected chi connectivity index (χ4v) is 1.58. The van der Waals surface area contributed by atoms with Crippen LogP contribution in [-0.2, 0) is 12.8 Å². The summed E-state index contributed by atoms with van der Waals surface area (Å²) in [5.74, 6) is -0.245. The molecule has 106 valence electrons. The van der Waals surface area contributed by atoms with Crippen molar-refractivity contribution in [2.24, 2.45) is 0 Å². The lowest BCUT2D eigenvalue weighted by molar-refractivity contribution is -0.134. The van der Waals surface area contributed by atoms with Gasteiger partial charge in [-0.05, 0) is 0 Å². The van der Waals surface area contributed by atoms with Crippen molar-refractivity contribution >= 4 is 5.78 Å². The summed E-state index contributed by atoms with van der Waals surface area (Å²) in [6.45, 7) is 0. The van der Waals surface area contributed by atoms with Crippen LogP contribution in [0.25, 0.3) is 0 Å². The minimum atomic E-state index is -4.26. The number of hydrogen-bond acceptors (Lipinski definition) is 4. The molecule has 4 nitrogen and oxygen atoms in total. The van der Waals surface area contributed by atoms with E-state index in [0.717, 1.165) is 0 Å². The molecule has 20 heavy (non-hydrogen) atoms. The van der Waals surface area contributed by atoms with Crippen LogP contribution in [0.1, 0.15) is 28.5 Å². The minimum Gasteiger partial charge on any atom is -0.339 e. The molecule has 0 fully saturated rings. The van der Waals surface area contributed by atoms with Crippen LogP contribution in [0.4, 0.5) is 13.2 Å². The first kappa shape index (κ1) is 14.2. The lowest BCUT2D eigenvalue weighted by Crippen LogP contribution is -2.09. The summed E-state index contributed by atoms with van der Waals surface area (Å²) in [4.78, 5) is 15.6. The molecule has 0 radical (unpaired) electrons. The number of aryl methyl sites for hydroxylation is 1. The summed E-state index contributed by atoms with van der Waals surface area (Å²) in [6, 6.07) is 8.50. The first-order valence-electron chi connectivity index (χ1n) is 5.90. The van der Waals surface area contributed by atoms with Crippen molar-refractivity contribution in [2.75, 3.05) is 0 Å². The average molecular weight is 284 g/mol. The number of ketones is 1. The van der Waals surface area contributed by atoms with Gasteiger partial charge < -0.3 is 4.52 Å². The number of carbonyl (C=O) groups excluding carboxylic acids is 1. The second-order valence-electron chi connectivity index (χ2n) is 4.19. The molecule has 7 heteroatoms. The molecule has 0 amide bonds. The predicted octanol–water partition coefficient (Wildman–Crippen LogP) is 2.99. The largest absolute Gasteiger partial charge is 0.389 e. The van der Waals surface area contributed by atoms with Gasteiger partial charge in [0.05, 0.1) is 12.8 Å². The molecule has 0 saturated heterocycles. The van der Waals surface area contributed by atoms with E-state index in [1.807, 2.05) is 0 Å². The fraction of sp³-hybridized carbons (Fsp3) is 0.308. The number of aromatic nitrogens is 2. The van der Waals surface area contributed by atoms with Gasteiger partial charge in [-0.25, -0.2) is 0 Å². The van der Waals surface area contributed by atoms with Crippen LogP contribution in [0.15, 0.2) is 34.9 Å². The maximum absolute atomic E-state index is 12.0. The van der Waals surface area contributed by atoms with Crippen molar-refractivity contribution in [1.29, 1.82) is 0 Å². The maximum Gasteiger partial charge on any atom is 0.389 e. The quantitative estimate of drug-likeness (QED) is 0.792. The van der Waals surface area contributed by atoms with E-state index < -0.39 is 12.6 Å². The zero-order chi connectivity index (χ0) is 14.6. The molecule has 2 rings (SSSR count). The van der Waals surface area contributed by atoms with E-state index in [2.05, 4.69) is 10.1 Å². The first-order valence-corrected chi connectivity index (χ1v) is 5.90. The van der Waals surface area contributed by atoms with E-state index in [4.69, 9.17) is 4.52 Å². The number of benzene rings is 1. The van der Waals surface area contributed by atoms with Gasteiger partial charge in [0.2, 0.25) is 5.89 Å². The first-order chi connectivity index (χ1) is 9.44. The predicted molar refractivity (Wildman–Crippen MR) is 63.2 cm³/mol. The highest BCUT2D eigenvalue weighted by molar-refractivity contribution is 5.96. The summed E-state index contributed by atoms with van der Waals surface area (Å²) in [5.41, 5.74) is 0.488. The van der Waals surface area contributed by atoms with E-state index >= 15 is 0 Å². The Kier molecular flexibility index (Phi) is 4.16. The number of alkyl halides is 3. The standard InChI is InChI=1S/C13H11F3N2O2/c14-13(15,16)7-6-11-17-12(20-18-11)8-10(19)9-4-2-1-3-5-9/h1-5H,6-8H2. The Morgan fingerprint density at radius 2 is 1.90 bits per heavy atom. The molecule has 0 aliphatic heterocycles. The van der Waals surface area contributed by atoms with Crippen molar-refractivity contribution in [3.63, 3.8) is 0 Å². The van der Waals surface area contributed by atoms with E-state index in [0.29, 0.717) is 5.56 Å². The summed E-state index contributed by atoms with van der Waals surface area (Å²) >= 11 is 0. The Hall–Kier alpha value is -2.18. The van der Waals surface area contributed by atoms with Gasteiger partial charge in [-0.3, -0.25) is 4.79 Å². The van der Waals surface area contributed by atoms with Crippen LogP contribution in [0.5, 0.6) is 0 Å². The third kappa shape index (κ3) is 4.18. The highest BCUT2D eigenvalue weighted by Gasteiger charge is 2.27. The van der Waals surface area contributed by atoms with Gasteiger partial charge in [-0.2, -0.15) is 18.2 Å². The lowest BCUT2D eigenvalue weighted by Gasteiger charge is -2.01. The third-order valence-corrected chi connectivity index (χ3v) is 2.55. The number of rotatable bonds is 5. The van der Waals surface area contributed by atoms with Crippen LogP contribution in [0, 0.1) is 0 Å². The van der Waals surface area contributed by atoms with Gasteiger partial charge in [-0.1, -0.05) is 35.5 Å². The zero-order valence-electron chi connectivity index (χ0n) is 10.4. The molecule has 0 bridgehead atoms. The Morgan fingerprint density at radius 3 is 2.55 bits per heavy atom. The molecular weight excluding hydrogens is 273 g/mol. The Balaban J connectivity index is 1.95. The SMILES string of the molecule is O=C(Cc1nc(CCC(F)(F)F)no1)c1ccccc1. The molecule has 0 saturated carbocycles. The molecule has 0 aliphatic rings. The van der Waals surface area contributed by atoms with Crippen LogP contribution >= 0.6 is 0 Å². The Bertz CT molecular complexity index is 579. The van der Waals surface area contributed by atoms with E-state index in [9.17, 15) is 18.0 Å². The normalized spacial score (nSPS) is 11.6. The monoisotopic (exact) mass is 284 g/mol. The van der Waals surface area contributed by atoms with Crippen molar-refractivity contribution in [3.8, 4) is 0 Å². The van der Waals surface area contributed by atoms with Crippen molar-refractivity contribution < 1.29 is 22.5 Å². The molecule has 1 aromatic heterocycles. The van der Waals surface area contributed by atoms with Gasteiger partial charge >= 0.3 is 6.18 Å². The van der Waals surface area contributed by atoms with Crippen LogP contribution in [0.3, 0.4) is 0 Å². The second kappa shape index (κ2) is 5.85. The highest BCUT2D eigenvalue weighted by Crippen LogP contribution is 2.21. The van der Waals surface area contributed by atoms with Crippen LogP contribution < -0.4 is 0 Å². The third-order valence-electron chi connectivity index (χ3n) is 2.55. The smallest absolute Gasteiger partial charge is 0.339 e. The molecule has 1 heterocycles. The molecule has 0 spiro atoms. The van der Waals surface area contributed by atoms with Gasteiger partial charge in [0, 0.05) is 12.0 Å². The summed E-state index contributed by atoms with van der Waals surface area (Å²) in [7, 11) is 0. The molecular formula is C13H11F3N2O2. The fourth-order valence-electron chi connectivity index (χ4n) is 1.58. The van der Waals surface area contributed by atoms with Crippen LogP contribution in [-0.4, -0.2) is 22.1 Å². The van der Waals surface area contributed by atoms with E-state index in [1.165, 1.54) is 0 Å². The van der Waals surface area contributed by atoms with Gasteiger partial charge in [-0.15, -0.1) is 0 Å². The molecule has 2 aromatic rings. The maximum atomic E-state index is 12.0. The summed E-state index contributed by atoms with van der Waals surface area (Å²) in [6.07, 6.45) is -5.76. The summed E-state index contributed by atoms with van der Waals surface area (Å²) < 4.78 is 40.9. The van der Waals surface area contributed by atoms with Gasteiger partial charge in [0.15, 0.2) is 11.6 Å². The van der Waals surface area contributed by atoms with Gasteiger partial charge in [0.25, 0.3) is 0 Å². The molecule has 0 atom stereocenters. The number of nitrogens with zero attached hydrogens (tertiary/aromatic N) is 2. The Morgan fingerprint density at radius 1 is 1.20 bits per heavy atom. The molecule has 1 aromatic carbocycles. The summed E-state index contributed by atoms with van der Waals surface area (Å²) in [5, 5.41) is 3.43. The van der Waals surface area contributed by atoms with Crippen molar-refractivity contribution in [3.05, 3.63) is 47.6 Å². The number of halogens is 3. The van der Waals surface area contributed by atoms with Gasteiger partial charge in [0.1, 0.15) is 0 Å². The average Bonchev–Trinajstić information content (AvgIpc) is 2.84. The zero-order valence-corrected chi connectivity index (χ0v) is 10.4. The van der Waals surface area contributed by atoms with E-state index in [-0.39, 0.29) is 30.3 Å². The highest BCUT2D eigenvalue weighted by atomic mass is 19.4. The molecule has 0 aliphatic carbocycles.